The van der Waals surface area contributed by atoms with Gasteiger partial charge >= 0.3 is 0 Å². The highest BCUT2D eigenvalue weighted by atomic mass is 35.5. The Morgan fingerprint density at radius 1 is 1.67 bits per heavy atom. The zero-order valence-electron chi connectivity index (χ0n) is 9.99. The molecule has 0 spiro atoms. The van der Waals surface area contributed by atoms with Gasteiger partial charge in [0.1, 0.15) is 5.82 Å². The third-order valence-electron chi connectivity index (χ3n) is 2.49. The number of nitrogens with two attached hydrogens (primary N) is 1. The average Bonchev–Trinajstić information content (AvgIpc) is 2.33. The third kappa shape index (κ3) is 3.46. The van der Waals surface area contributed by atoms with Gasteiger partial charge < -0.3 is 10.6 Å². The minimum Gasteiger partial charge on any atom is -0.340 e. The highest BCUT2D eigenvalue weighted by molar-refractivity contribution is 6.31. The summed E-state index contributed by atoms with van der Waals surface area (Å²) in [7, 11) is 1.53. The summed E-state index contributed by atoms with van der Waals surface area (Å²) < 4.78 is 13.5. The quantitative estimate of drug-likeness (QED) is 0.847. The molecule has 0 saturated carbocycles. The van der Waals surface area contributed by atoms with Crippen LogP contribution in [0.25, 0.3) is 0 Å². The van der Waals surface area contributed by atoms with E-state index in [2.05, 4.69) is 5.92 Å². The zero-order chi connectivity index (χ0) is 13.7. The molecular weight excluding hydrogens is 255 g/mol. The van der Waals surface area contributed by atoms with Crippen LogP contribution in [0.2, 0.25) is 5.02 Å². The number of rotatable bonds is 4. The van der Waals surface area contributed by atoms with Gasteiger partial charge in [0, 0.05) is 30.6 Å². The van der Waals surface area contributed by atoms with Crippen LogP contribution in [-0.4, -0.2) is 23.9 Å². The van der Waals surface area contributed by atoms with E-state index in [9.17, 15) is 9.18 Å². The van der Waals surface area contributed by atoms with Gasteiger partial charge in [-0.15, -0.1) is 12.3 Å². The van der Waals surface area contributed by atoms with Crippen LogP contribution in [0.5, 0.6) is 0 Å². The second-order valence-corrected chi connectivity index (χ2v) is 4.32. The third-order valence-corrected chi connectivity index (χ3v) is 2.84. The van der Waals surface area contributed by atoms with Crippen LogP contribution in [0.4, 0.5) is 4.39 Å². The molecular formula is C13H14ClFN2O. The van der Waals surface area contributed by atoms with Gasteiger partial charge in [-0.05, 0) is 12.1 Å². The molecule has 1 unspecified atom stereocenters. The number of halogens is 2. The number of carbonyl (C=O) groups excluding carboxylic acids is 1. The van der Waals surface area contributed by atoms with Gasteiger partial charge in [0.2, 0.25) is 5.91 Å². The zero-order valence-corrected chi connectivity index (χ0v) is 10.7. The standard InChI is InChI=1S/C13H14ClFN2O/c1-3-5-12(16)13(18)17(2)8-9-10(14)6-4-7-11(9)15/h1,4,6-7,12H,5,8,16H2,2H3. The molecule has 0 radical (unpaired) electrons. The van der Waals surface area contributed by atoms with Crippen LogP contribution < -0.4 is 5.73 Å². The molecule has 0 aliphatic rings. The topological polar surface area (TPSA) is 46.3 Å². The maximum Gasteiger partial charge on any atom is 0.240 e. The number of benzene rings is 1. The molecule has 0 aliphatic heterocycles. The maximum absolute atomic E-state index is 13.5. The fourth-order valence-electron chi connectivity index (χ4n) is 1.50. The Labute approximate surface area is 111 Å². The summed E-state index contributed by atoms with van der Waals surface area (Å²) in [6.45, 7) is 0.0581. The second-order valence-electron chi connectivity index (χ2n) is 3.91. The maximum atomic E-state index is 13.5. The number of likely N-dealkylation sites (N-methyl/N-ethyl adjacent to an activating group) is 1. The fourth-order valence-corrected chi connectivity index (χ4v) is 1.72. The van der Waals surface area contributed by atoms with Gasteiger partial charge in [0.15, 0.2) is 0 Å². The lowest BCUT2D eigenvalue weighted by molar-refractivity contribution is -0.131. The van der Waals surface area contributed by atoms with Crippen LogP contribution in [0.15, 0.2) is 18.2 Å². The predicted octanol–water partition coefficient (Wildman–Crippen LogP) is 1.79. The minimum absolute atomic E-state index is 0.0581. The Bertz CT molecular complexity index is 464. The Morgan fingerprint density at radius 2 is 2.33 bits per heavy atom. The number of nitrogens with zero attached hydrogens (tertiary/aromatic N) is 1. The van der Waals surface area contributed by atoms with Gasteiger partial charge in [-0.25, -0.2) is 4.39 Å². The molecule has 3 nitrogen and oxygen atoms in total. The smallest absolute Gasteiger partial charge is 0.240 e. The van der Waals surface area contributed by atoms with E-state index in [0.717, 1.165) is 0 Å². The highest BCUT2D eigenvalue weighted by Gasteiger charge is 2.19. The van der Waals surface area contributed by atoms with Crippen molar-refractivity contribution in [1.29, 1.82) is 0 Å². The molecule has 0 fully saturated rings. The van der Waals surface area contributed by atoms with Crippen LogP contribution in [0, 0.1) is 18.2 Å². The normalized spacial score (nSPS) is 11.7. The van der Waals surface area contributed by atoms with E-state index in [1.165, 1.54) is 24.1 Å². The molecule has 96 valence electrons. The Balaban J connectivity index is 2.79. The van der Waals surface area contributed by atoms with Gasteiger partial charge in [0.25, 0.3) is 0 Å². The number of hydrogen-bond donors (Lipinski definition) is 1. The molecule has 2 N–H and O–H groups in total. The van der Waals surface area contributed by atoms with Crippen LogP contribution >= 0.6 is 11.6 Å². The Morgan fingerprint density at radius 3 is 2.89 bits per heavy atom. The highest BCUT2D eigenvalue weighted by Crippen LogP contribution is 2.20. The second kappa shape index (κ2) is 6.39. The summed E-state index contributed by atoms with van der Waals surface area (Å²) in [4.78, 5) is 13.1. The molecule has 1 amide bonds. The van der Waals surface area contributed by atoms with Crippen molar-refractivity contribution in [3.8, 4) is 12.3 Å². The van der Waals surface area contributed by atoms with Crippen molar-refractivity contribution in [3.05, 3.63) is 34.6 Å². The molecule has 0 aromatic heterocycles. The lowest BCUT2D eigenvalue weighted by Crippen LogP contribution is -2.41. The molecule has 1 atom stereocenters. The summed E-state index contributed by atoms with van der Waals surface area (Å²) in [6, 6.07) is 3.60. The molecule has 0 aliphatic carbocycles. The summed E-state index contributed by atoms with van der Waals surface area (Å²) >= 11 is 5.88. The van der Waals surface area contributed by atoms with Crippen molar-refractivity contribution in [1.82, 2.24) is 4.90 Å². The van der Waals surface area contributed by atoms with Gasteiger partial charge in [0.05, 0.1) is 6.04 Å². The van der Waals surface area contributed by atoms with Crippen LogP contribution in [0.1, 0.15) is 12.0 Å². The molecule has 1 aromatic rings. The van der Waals surface area contributed by atoms with Gasteiger partial charge in [-0.1, -0.05) is 17.7 Å². The van der Waals surface area contributed by atoms with E-state index in [-0.39, 0.29) is 29.5 Å². The molecule has 0 saturated heterocycles. The monoisotopic (exact) mass is 268 g/mol. The molecule has 1 rings (SSSR count). The van der Waals surface area contributed by atoms with Crippen molar-refractivity contribution in [2.24, 2.45) is 5.73 Å². The predicted molar refractivity (Wildman–Crippen MR) is 69.3 cm³/mol. The van der Waals surface area contributed by atoms with E-state index in [1.807, 2.05) is 0 Å². The SMILES string of the molecule is C#CCC(N)C(=O)N(C)Cc1c(F)cccc1Cl. The number of amides is 1. The summed E-state index contributed by atoms with van der Waals surface area (Å²) in [5.74, 6) is 1.53. The molecule has 18 heavy (non-hydrogen) atoms. The first-order valence-corrected chi connectivity index (χ1v) is 5.72. The Hall–Kier alpha value is -1.57. The average molecular weight is 269 g/mol. The first-order chi connectivity index (χ1) is 8.47. The van der Waals surface area contributed by atoms with E-state index >= 15 is 0 Å². The van der Waals surface area contributed by atoms with Gasteiger partial charge in [-0.3, -0.25) is 4.79 Å². The summed E-state index contributed by atoms with van der Waals surface area (Å²) in [5, 5.41) is 0.278. The molecule has 0 heterocycles. The number of carbonyl (C=O) groups is 1. The van der Waals surface area contributed by atoms with E-state index < -0.39 is 11.9 Å². The van der Waals surface area contributed by atoms with Crippen LogP contribution in [0.3, 0.4) is 0 Å². The van der Waals surface area contributed by atoms with Gasteiger partial charge in [-0.2, -0.15) is 0 Å². The first kappa shape index (κ1) is 14.5. The number of terminal acetylenes is 1. The van der Waals surface area contributed by atoms with E-state index in [4.69, 9.17) is 23.8 Å². The van der Waals surface area contributed by atoms with Crippen molar-refractivity contribution >= 4 is 17.5 Å². The number of hydrogen-bond acceptors (Lipinski definition) is 2. The van der Waals surface area contributed by atoms with Crippen molar-refractivity contribution < 1.29 is 9.18 Å². The molecule has 0 bridgehead atoms. The van der Waals surface area contributed by atoms with Crippen molar-refractivity contribution in [2.45, 2.75) is 19.0 Å². The lowest BCUT2D eigenvalue weighted by atomic mass is 10.1. The first-order valence-electron chi connectivity index (χ1n) is 5.34. The summed E-state index contributed by atoms with van der Waals surface area (Å²) in [6.07, 6.45) is 5.23. The van der Waals surface area contributed by atoms with Crippen LogP contribution in [-0.2, 0) is 11.3 Å². The van der Waals surface area contributed by atoms with E-state index in [1.54, 1.807) is 6.07 Å². The van der Waals surface area contributed by atoms with Crippen molar-refractivity contribution in [3.63, 3.8) is 0 Å². The van der Waals surface area contributed by atoms with E-state index in [0.29, 0.717) is 0 Å². The summed E-state index contributed by atoms with van der Waals surface area (Å²) in [5.41, 5.74) is 5.86. The largest absolute Gasteiger partial charge is 0.340 e. The minimum atomic E-state index is -0.773. The molecule has 5 heteroatoms. The fraction of sp³-hybridized carbons (Fsp3) is 0.308. The lowest BCUT2D eigenvalue weighted by Gasteiger charge is -2.21. The Kier molecular flexibility index (Phi) is 5.14. The molecule has 1 aromatic carbocycles. The van der Waals surface area contributed by atoms with Crippen molar-refractivity contribution in [2.75, 3.05) is 7.05 Å².